The molecule has 1 aliphatic heterocycles. The molecule has 2 N–H and O–H groups in total. The minimum Gasteiger partial charge on any atom is -0.496 e. The van der Waals surface area contributed by atoms with Gasteiger partial charge in [0.05, 0.1) is 41.2 Å². The van der Waals surface area contributed by atoms with Gasteiger partial charge in [-0.2, -0.15) is 5.10 Å². The number of aromatic nitrogens is 2. The maximum absolute atomic E-state index is 12.9. The van der Waals surface area contributed by atoms with Crippen molar-refractivity contribution < 1.29 is 14.3 Å². The Labute approximate surface area is 205 Å². The second kappa shape index (κ2) is 9.76. The molecule has 1 atom stereocenters. The third kappa shape index (κ3) is 4.65. The van der Waals surface area contributed by atoms with Crippen molar-refractivity contribution in [2.45, 2.75) is 19.9 Å². The maximum atomic E-state index is 12.9. The molecule has 1 aromatic heterocycles. The smallest absolute Gasteiger partial charge is 0.338 e. The molecule has 0 fully saturated rings. The Bertz CT molecular complexity index is 1240. The molecule has 3 aromatic rings. The average molecular weight is 527 g/mol. The number of hydrogen-bond donors (Lipinski definition) is 2. The lowest BCUT2D eigenvalue weighted by Gasteiger charge is -2.29. The van der Waals surface area contributed by atoms with Gasteiger partial charge in [0.15, 0.2) is 5.11 Å². The van der Waals surface area contributed by atoms with Gasteiger partial charge in [0.25, 0.3) is 0 Å². The van der Waals surface area contributed by atoms with Gasteiger partial charge < -0.3 is 20.1 Å². The summed E-state index contributed by atoms with van der Waals surface area (Å²) < 4.78 is 13.3. The molecule has 170 valence electrons. The van der Waals surface area contributed by atoms with Gasteiger partial charge in [0.1, 0.15) is 5.75 Å². The van der Waals surface area contributed by atoms with E-state index < -0.39 is 12.0 Å². The van der Waals surface area contributed by atoms with Crippen LogP contribution >= 0.6 is 28.1 Å². The molecule has 33 heavy (non-hydrogen) atoms. The van der Waals surface area contributed by atoms with E-state index in [0.29, 0.717) is 27.8 Å². The van der Waals surface area contributed by atoms with Crippen LogP contribution in [0.5, 0.6) is 5.75 Å². The van der Waals surface area contributed by atoms with Crippen LogP contribution in [-0.4, -0.2) is 34.6 Å². The van der Waals surface area contributed by atoms with Crippen LogP contribution in [0, 0.1) is 0 Å². The summed E-state index contributed by atoms with van der Waals surface area (Å²) in [6, 6.07) is 15.0. The predicted octanol–water partition coefficient (Wildman–Crippen LogP) is 4.67. The lowest BCUT2D eigenvalue weighted by atomic mass is 9.94. The molecule has 0 saturated carbocycles. The predicted molar refractivity (Wildman–Crippen MR) is 134 cm³/mol. The lowest BCUT2D eigenvalue weighted by Crippen LogP contribution is -2.45. The van der Waals surface area contributed by atoms with Crippen molar-refractivity contribution in [3.63, 3.8) is 0 Å². The summed E-state index contributed by atoms with van der Waals surface area (Å²) >= 11 is 8.98. The Morgan fingerprint density at radius 1 is 1.24 bits per heavy atom. The summed E-state index contributed by atoms with van der Waals surface area (Å²) in [5, 5.41) is 11.6. The van der Waals surface area contributed by atoms with E-state index in [-0.39, 0.29) is 6.61 Å². The van der Waals surface area contributed by atoms with Crippen LogP contribution < -0.4 is 15.4 Å². The topological polar surface area (TPSA) is 77.4 Å². The summed E-state index contributed by atoms with van der Waals surface area (Å²) in [5.41, 5.74) is 4.37. The summed E-state index contributed by atoms with van der Waals surface area (Å²) in [6.07, 6.45) is 1.92. The van der Waals surface area contributed by atoms with Crippen LogP contribution in [0.2, 0.25) is 0 Å². The first-order chi connectivity index (χ1) is 15.9. The Hall–Kier alpha value is -3.17. The molecule has 0 bridgehead atoms. The third-order valence-corrected chi connectivity index (χ3v) is 6.10. The molecule has 2 heterocycles. The largest absolute Gasteiger partial charge is 0.496 e. The SMILES string of the molecule is CCOC(=O)C1=C(C)NC(=S)N[C@@H]1c1cn(-c2ccccc2)nc1-c1ccc(OC)c(Br)c1. The van der Waals surface area contributed by atoms with Crippen molar-refractivity contribution in [3.8, 4) is 22.7 Å². The number of carbonyl (C=O) groups excluding carboxylic acids is 1. The minimum atomic E-state index is -0.536. The highest BCUT2D eigenvalue weighted by molar-refractivity contribution is 9.10. The Balaban J connectivity index is 1.91. The van der Waals surface area contributed by atoms with Gasteiger partial charge in [-0.05, 0) is 72.3 Å². The Kier molecular flexibility index (Phi) is 6.80. The van der Waals surface area contributed by atoms with Crippen LogP contribution in [-0.2, 0) is 9.53 Å². The first kappa shape index (κ1) is 23.0. The van der Waals surface area contributed by atoms with E-state index in [1.165, 1.54) is 0 Å². The van der Waals surface area contributed by atoms with Crippen molar-refractivity contribution >= 4 is 39.2 Å². The number of esters is 1. The van der Waals surface area contributed by atoms with Gasteiger partial charge in [0, 0.05) is 23.0 Å². The molecule has 0 aliphatic carbocycles. The number of methoxy groups -OCH3 is 1. The van der Waals surface area contributed by atoms with E-state index in [0.717, 1.165) is 21.3 Å². The van der Waals surface area contributed by atoms with Crippen molar-refractivity contribution in [2.75, 3.05) is 13.7 Å². The molecular weight excluding hydrogens is 504 g/mol. The number of para-hydroxylation sites is 1. The van der Waals surface area contributed by atoms with Crippen LogP contribution in [0.25, 0.3) is 16.9 Å². The first-order valence-electron chi connectivity index (χ1n) is 10.4. The minimum absolute atomic E-state index is 0.272. The van der Waals surface area contributed by atoms with Gasteiger partial charge in [-0.1, -0.05) is 18.2 Å². The van der Waals surface area contributed by atoms with E-state index in [4.69, 9.17) is 26.8 Å². The monoisotopic (exact) mass is 526 g/mol. The molecule has 0 amide bonds. The molecular formula is C24H23BrN4O3S. The molecule has 0 spiro atoms. The van der Waals surface area contributed by atoms with Crippen LogP contribution in [0.15, 0.2) is 70.5 Å². The number of benzene rings is 2. The molecule has 7 nitrogen and oxygen atoms in total. The molecule has 2 aromatic carbocycles. The molecule has 0 unspecified atom stereocenters. The number of rotatable bonds is 6. The van der Waals surface area contributed by atoms with Gasteiger partial charge in [-0.15, -0.1) is 0 Å². The van der Waals surface area contributed by atoms with E-state index in [2.05, 4.69) is 26.6 Å². The summed E-state index contributed by atoms with van der Waals surface area (Å²) in [6.45, 7) is 3.87. The number of nitrogens with one attached hydrogen (secondary N) is 2. The number of ether oxygens (including phenoxy) is 2. The van der Waals surface area contributed by atoms with Crippen molar-refractivity contribution in [1.82, 2.24) is 20.4 Å². The van der Waals surface area contributed by atoms with E-state index in [1.807, 2.05) is 61.7 Å². The van der Waals surface area contributed by atoms with Crippen molar-refractivity contribution in [1.29, 1.82) is 0 Å². The second-order valence-electron chi connectivity index (χ2n) is 7.35. The number of hydrogen-bond acceptors (Lipinski definition) is 5. The Morgan fingerprint density at radius 3 is 2.67 bits per heavy atom. The highest BCUT2D eigenvalue weighted by atomic mass is 79.9. The van der Waals surface area contributed by atoms with Gasteiger partial charge in [-0.3, -0.25) is 0 Å². The molecule has 0 radical (unpaired) electrons. The van der Waals surface area contributed by atoms with Crippen LogP contribution in [0.4, 0.5) is 0 Å². The fourth-order valence-corrected chi connectivity index (χ4v) is 4.57. The van der Waals surface area contributed by atoms with Crippen LogP contribution in [0.1, 0.15) is 25.5 Å². The van der Waals surface area contributed by atoms with Gasteiger partial charge in [0.2, 0.25) is 0 Å². The Morgan fingerprint density at radius 2 is 2.00 bits per heavy atom. The van der Waals surface area contributed by atoms with E-state index in [9.17, 15) is 4.79 Å². The number of allylic oxidation sites excluding steroid dienone is 1. The summed E-state index contributed by atoms with van der Waals surface area (Å²) in [5.74, 6) is 0.309. The van der Waals surface area contributed by atoms with Crippen molar-refractivity contribution in [2.24, 2.45) is 0 Å². The zero-order valence-electron chi connectivity index (χ0n) is 18.4. The molecule has 9 heteroatoms. The lowest BCUT2D eigenvalue weighted by molar-refractivity contribution is -0.139. The highest BCUT2D eigenvalue weighted by Gasteiger charge is 2.34. The first-order valence-corrected chi connectivity index (χ1v) is 11.6. The van der Waals surface area contributed by atoms with Gasteiger partial charge >= 0.3 is 5.97 Å². The average Bonchev–Trinajstić information content (AvgIpc) is 3.24. The van der Waals surface area contributed by atoms with Gasteiger partial charge in [-0.25, -0.2) is 9.48 Å². The molecule has 4 rings (SSSR count). The molecule has 0 saturated heterocycles. The van der Waals surface area contributed by atoms with Crippen molar-refractivity contribution in [3.05, 3.63) is 76.0 Å². The zero-order chi connectivity index (χ0) is 23.5. The number of thiocarbonyl (C=S) groups is 1. The maximum Gasteiger partial charge on any atom is 0.338 e. The zero-order valence-corrected chi connectivity index (χ0v) is 20.8. The fourth-order valence-electron chi connectivity index (χ4n) is 3.76. The van der Waals surface area contributed by atoms with Crippen LogP contribution in [0.3, 0.4) is 0 Å². The quantitative estimate of drug-likeness (QED) is 0.357. The number of halogens is 1. The summed E-state index contributed by atoms with van der Waals surface area (Å²) in [4.78, 5) is 12.9. The highest BCUT2D eigenvalue weighted by Crippen LogP contribution is 2.37. The molecule has 1 aliphatic rings. The third-order valence-electron chi connectivity index (χ3n) is 5.26. The van der Waals surface area contributed by atoms with E-state index in [1.54, 1.807) is 18.7 Å². The fraction of sp³-hybridized carbons (Fsp3) is 0.208. The standard InChI is InChI=1S/C24H23BrN4O3S/c1-4-32-23(30)20-14(2)26-24(33)27-22(20)17-13-29(16-8-6-5-7-9-16)28-21(17)15-10-11-19(31-3)18(25)12-15/h5-13,22H,4H2,1-3H3,(H2,26,27,33)/t22-/m1/s1. The number of carbonyl (C=O) groups is 1. The summed E-state index contributed by atoms with van der Waals surface area (Å²) in [7, 11) is 1.62. The second-order valence-corrected chi connectivity index (χ2v) is 8.62. The van der Waals surface area contributed by atoms with E-state index >= 15 is 0 Å². The normalized spacial score (nSPS) is 15.6. The number of nitrogens with zero attached hydrogens (tertiary/aromatic N) is 2.